The van der Waals surface area contributed by atoms with E-state index in [9.17, 15) is 9.59 Å². The molecule has 2 N–H and O–H groups in total. The van der Waals surface area contributed by atoms with Gasteiger partial charge in [-0.15, -0.1) is 0 Å². The highest BCUT2D eigenvalue weighted by Crippen LogP contribution is 2.47. The van der Waals surface area contributed by atoms with Crippen LogP contribution in [0.4, 0.5) is 11.4 Å². The van der Waals surface area contributed by atoms with Crippen LogP contribution in [0.5, 0.6) is 0 Å². The molecule has 0 fully saturated rings. The molecule has 0 aromatic heterocycles. The summed E-state index contributed by atoms with van der Waals surface area (Å²) in [6.07, 6.45) is 4.03. The third kappa shape index (κ3) is 6.39. The van der Waals surface area contributed by atoms with Crippen LogP contribution < -0.4 is 10.6 Å². The number of anilines is 2. The molecule has 1 aliphatic carbocycles. The number of hydrogen-bond acceptors (Lipinski definition) is 3. The first kappa shape index (κ1) is 32.1. The van der Waals surface area contributed by atoms with Gasteiger partial charge in [0.2, 0.25) is 0 Å². The smallest absolute Gasteiger partial charge is 0.255 e. The Balaban J connectivity index is 0.000000244. The van der Waals surface area contributed by atoms with Gasteiger partial charge in [-0.3, -0.25) is 9.59 Å². The molecule has 2 atom stereocenters. The summed E-state index contributed by atoms with van der Waals surface area (Å²) >= 11 is 0. The quantitative estimate of drug-likeness (QED) is 0.188. The molecule has 49 heavy (non-hydrogen) atoms. The lowest BCUT2D eigenvalue weighted by Gasteiger charge is -2.32. The third-order valence-electron chi connectivity index (χ3n) is 9.95. The lowest BCUT2D eigenvalue weighted by molar-refractivity contribution is -0.118. The number of allylic oxidation sites excluding steroid dienone is 1. The molecule has 8 rings (SSSR count). The van der Waals surface area contributed by atoms with Crippen LogP contribution in [0.1, 0.15) is 85.0 Å². The molecular formula is C45H42N2O2. The molecule has 1 amide bonds. The Kier molecular flexibility index (Phi) is 8.64. The number of para-hydroxylation sites is 1. The molecule has 1 heterocycles. The van der Waals surface area contributed by atoms with E-state index < -0.39 is 0 Å². The van der Waals surface area contributed by atoms with Gasteiger partial charge in [-0.25, -0.2) is 0 Å². The molecule has 6 aromatic carbocycles. The van der Waals surface area contributed by atoms with Crippen molar-refractivity contribution >= 4 is 50.2 Å². The fraction of sp³-hybridized carbons (Fsp3) is 0.200. The maximum atomic E-state index is 13.2. The zero-order valence-corrected chi connectivity index (χ0v) is 28.6. The summed E-state index contributed by atoms with van der Waals surface area (Å²) < 4.78 is 0. The van der Waals surface area contributed by atoms with Gasteiger partial charge in [0, 0.05) is 39.7 Å². The van der Waals surface area contributed by atoms with Gasteiger partial charge in [0.25, 0.3) is 5.91 Å². The SMILES string of the molecule is CC(=O)C1CCC(c2ccccc2)c2c1ccc1c2cc(NC(=O)c2ccccc2)c2ccccc21.CC1=CC(C)(C)Nc2ccccc21. The number of ketones is 1. The van der Waals surface area contributed by atoms with Gasteiger partial charge in [0.05, 0.1) is 5.54 Å². The summed E-state index contributed by atoms with van der Waals surface area (Å²) in [5.41, 5.74) is 9.01. The van der Waals surface area contributed by atoms with Crippen molar-refractivity contribution in [3.05, 3.63) is 161 Å². The number of carbonyl (C=O) groups excluding carboxylic acids is 2. The molecule has 4 heteroatoms. The minimum absolute atomic E-state index is 0.0818. The van der Waals surface area contributed by atoms with E-state index in [0.717, 1.165) is 45.6 Å². The number of amides is 1. The van der Waals surface area contributed by atoms with Gasteiger partial charge >= 0.3 is 0 Å². The average Bonchev–Trinajstić information content (AvgIpc) is 3.11. The molecule has 2 aliphatic rings. The Morgan fingerprint density at radius 2 is 1.35 bits per heavy atom. The normalized spacial score (nSPS) is 17.4. The van der Waals surface area contributed by atoms with Crippen LogP contribution in [0.15, 0.2) is 133 Å². The average molecular weight is 643 g/mol. The van der Waals surface area contributed by atoms with Crippen molar-refractivity contribution in [3.8, 4) is 0 Å². The lowest BCUT2D eigenvalue weighted by Crippen LogP contribution is -2.31. The third-order valence-corrected chi connectivity index (χ3v) is 9.95. The summed E-state index contributed by atoms with van der Waals surface area (Å²) in [5, 5.41) is 11.0. The molecule has 6 aromatic rings. The summed E-state index contributed by atoms with van der Waals surface area (Å²) in [6, 6.07) is 43.0. The minimum Gasteiger partial charge on any atom is -0.376 e. The van der Waals surface area contributed by atoms with Crippen LogP contribution in [0.25, 0.3) is 27.1 Å². The fourth-order valence-electron chi connectivity index (χ4n) is 7.81. The van der Waals surface area contributed by atoms with Crippen LogP contribution >= 0.6 is 0 Å². The van der Waals surface area contributed by atoms with Gasteiger partial charge < -0.3 is 10.6 Å². The number of Topliss-reactive ketones (excluding diaryl/α,β-unsaturated/α-hetero) is 1. The highest BCUT2D eigenvalue weighted by atomic mass is 16.1. The zero-order valence-electron chi connectivity index (χ0n) is 28.6. The Bertz CT molecular complexity index is 2220. The maximum absolute atomic E-state index is 13.2. The van der Waals surface area contributed by atoms with Crippen LogP contribution in [0.2, 0.25) is 0 Å². The van der Waals surface area contributed by atoms with Crippen LogP contribution in [-0.2, 0) is 4.79 Å². The van der Waals surface area contributed by atoms with E-state index in [1.807, 2.05) is 48.5 Å². The topological polar surface area (TPSA) is 58.2 Å². The highest BCUT2D eigenvalue weighted by Gasteiger charge is 2.32. The first-order valence-corrected chi connectivity index (χ1v) is 17.2. The van der Waals surface area contributed by atoms with E-state index >= 15 is 0 Å². The Hall–Kier alpha value is -5.48. The molecule has 2 unspecified atom stereocenters. The van der Waals surface area contributed by atoms with Crippen LogP contribution in [0.3, 0.4) is 0 Å². The largest absolute Gasteiger partial charge is 0.376 e. The Morgan fingerprint density at radius 3 is 2.08 bits per heavy atom. The van der Waals surface area contributed by atoms with Crippen molar-refractivity contribution < 1.29 is 9.59 Å². The Morgan fingerprint density at radius 1 is 0.714 bits per heavy atom. The van der Waals surface area contributed by atoms with Crippen molar-refractivity contribution in [1.29, 1.82) is 0 Å². The molecule has 4 nitrogen and oxygen atoms in total. The number of benzene rings is 6. The van der Waals surface area contributed by atoms with Gasteiger partial charge in [0.1, 0.15) is 5.78 Å². The fourth-order valence-corrected chi connectivity index (χ4v) is 7.81. The number of fused-ring (bicyclic) bond motifs is 6. The van der Waals surface area contributed by atoms with E-state index in [1.165, 1.54) is 28.0 Å². The summed E-state index contributed by atoms with van der Waals surface area (Å²) in [6.45, 7) is 8.24. The summed E-state index contributed by atoms with van der Waals surface area (Å²) in [5.74, 6) is 0.171. The second-order valence-electron chi connectivity index (χ2n) is 13.9. The lowest BCUT2D eigenvalue weighted by atomic mass is 9.71. The first-order chi connectivity index (χ1) is 23.7. The molecule has 0 saturated carbocycles. The summed E-state index contributed by atoms with van der Waals surface area (Å²) in [7, 11) is 0. The Labute approximate surface area is 288 Å². The second kappa shape index (κ2) is 13.2. The zero-order chi connectivity index (χ0) is 34.1. The minimum atomic E-state index is -0.133. The van der Waals surface area contributed by atoms with E-state index in [-0.39, 0.29) is 29.1 Å². The monoisotopic (exact) mass is 642 g/mol. The van der Waals surface area contributed by atoms with E-state index in [0.29, 0.717) is 5.56 Å². The summed E-state index contributed by atoms with van der Waals surface area (Å²) in [4.78, 5) is 25.8. The van der Waals surface area contributed by atoms with Gasteiger partial charge in [-0.2, -0.15) is 0 Å². The van der Waals surface area contributed by atoms with Crippen molar-refractivity contribution in [2.75, 3.05) is 10.6 Å². The number of nitrogens with one attached hydrogen (secondary N) is 2. The van der Waals surface area contributed by atoms with Crippen LogP contribution in [-0.4, -0.2) is 17.2 Å². The number of carbonyl (C=O) groups is 2. The molecule has 0 spiro atoms. The van der Waals surface area contributed by atoms with E-state index in [4.69, 9.17) is 0 Å². The van der Waals surface area contributed by atoms with Crippen molar-refractivity contribution in [2.24, 2.45) is 0 Å². The van der Waals surface area contributed by atoms with E-state index in [1.54, 1.807) is 6.92 Å². The van der Waals surface area contributed by atoms with Crippen molar-refractivity contribution in [3.63, 3.8) is 0 Å². The van der Waals surface area contributed by atoms with Gasteiger partial charge in [0.15, 0.2) is 0 Å². The van der Waals surface area contributed by atoms with Crippen molar-refractivity contribution in [2.45, 2.75) is 57.9 Å². The van der Waals surface area contributed by atoms with Gasteiger partial charge in [-0.05, 0) is 103 Å². The molecule has 0 bridgehead atoms. The van der Waals surface area contributed by atoms with Crippen molar-refractivity contribution in [1.82, 2.24) is 0 Å². The highest BCUT2D eigenvalue weighted by molar-refractivity contribution is 6.18. The predicted octanol–water partition coefficient (Wildman–Crippen LogP) is 11.1. The number of hydrogen-bond donors (Lipinski definition) is 2. The molecule has 0 saturated heterocycles. The molecular weight excluding hydrogens is 601 g/mol. The van der Waals surface area contributed by atoms with Crippen LogP contribution in [0, 0.1) is 0 Å². The standard InChI is InChI=1S/C33H27NO2.C12H15N/c1-21(35)24-16-17-25(22-10-4-2-5-11-22)32-29(24)19-18-27-26-14-8-9-15-28(26)31(20-30(27)32)34-33(36)23-12-6-3-7-13-23;1-9-8-12(2,3)13-11-7-5-4-6-10(9)11/h2-15,18-20,24-25H,16-17H2,1H3,(H,34,36);4-8,13H,1-3H3. The predicted molar refractivity (Wildman–Crippen MR) is 205 cm³/mol. The van der Waals surface area contributed by atoms with Gasteiger partial charge in [-0.1, -0.05) is 109 Å². The molecule has 244 valence electrons. The first-order valence-electron chi connectivity index (χ1n) is 17.2. The maximum Gasteiger partial charge on any atom is 0.255 e. The number of rotatable bonds is 4. The molecule has 1 aliphatic heterocycles. The van der Waals surface area contributed by atoms with E-state index in [2.05, 4.69) is 116 Å². The molecule has 0 radical (unpaired) electrons. The second-order valence-corrected chi connectivity index (χ2v) is 13.9.